The van der Waals surface area contributed by atoms with Crippen molar-refractivity contribution < 1.29 is 0 Å². The van der Waals surface area contributed by atoms with Crippen LogP contribution in [0, 0.1) is 0 Å². The summed E-state index contributed by atoms with van der Waals surface area (Å²) in [4.78, 5) is 8.48. The summed E-state index contributed by atoms with van der Waals surface area (Å²) in [5, 5.41) is 3.41. The molecule has 1 rings (SSSR count). The number of nitrogens with one attached hydrogen (secondary N) is 1. The number of rotatable bonds is 4. The highest BCUT2D eigenvalue weighted by molar-refractivity contribution is 5.38. The Morgan fingerprint density at radius 3 is 2.53 bits per heavy atom. The maximum atomic E-state index is 4.24. The van der Waals surface area contributed by atoms with Gasteiger partial charge < -0.3 is 5.32 Å². The van der Waals surface area contributed by atoms with Gasteiger partial charge in [0, 0.05) is 17.3 Å². The first kappa shape index (κ1) is 12.0. The number of aromatic nitrogens is 2. The van der Waals surface area contributed by atoms with Gasteiger partial charge in [-0.1, -0.05) is 20.8 Å². The summed E-state index contributed by atoms with van der Waals surface area (Å²) in [5.41, 5.74) is 1.17. The normalized spacial score (nSPS) is 11.9. The molecule has 0 atom stereocenters. The molecule has 0 aromatic carbocycles. The SMILES string of the molecule is CCC(C)(C)Nc1cc(C(C)C)ncn1. The summed E-state index contributed by atoms with van der Waals surface area (Å²) >= 11 is 0. The summed E-state index contributed by atoms with van der Waals surface area (Å²) in [5.74, 6) is 1.36. The van der Waals surface area contributed by atoms with Gasteiger partial charge in [-0.05, 0) is 26.2 Å². The Balaban J connectivity index is 2.82. The quantitative estimate of drug-likeness (QED) is 0.824. The molecule has 3 nitrogen and oxygen atoms in total. The molecule has 84 valence electrons. The van der Waals surface area contributed by atoms with Crippen molar-refractivity contribution in [3.8, 4) is 0 Å². The molecule has 1 heterocycles. The Kier molecular flexibility index (Phi) is 3.66. The van der Waals surface area contributed by atoms with E-state index in [1.807, 2.05) is 6.07 Å². The Hall–Kier alpha value is -1.12. The largest absolute Gasteiger partial charge is 0.365 e. The Morgan fingerprint density at radius 1 is 1.33 bits per heavy atom. The average Bonchev–Trinajstić information content (AvgIpc) is 2.17. The minimum Gasteiger partial charge on any atom is -0.365 e. The van der Waals surface area contributed by atoms with Crippen LogP contribution < -0.4 is 5.32 Å². The van der Waals surface area contributed by atoms with E-state index >= 15 is 0 Å². The Labute approximate surface area is 92.3 Å². The van der Waals surface area contributed by atoms with Crippen molar-refractivity contribution in [1.82, 2.24) is 9.97 Å². The van der Waals surface area contributed by atoms with Crippen molar-refractivity contribution in [3.05, 3.63) is 18.1 Å². The Bertz CT molecular complexity index is 318. The van der Waals surface area contributed by atoms with E-state index in [0.717, 1.165) is 17.9 Å². The van der Waals surface area contributed by atoms with Crippen molar-refractivity contribution in [2.24, 2.45) is 0 Å². The molecule has 0 fully saturated rings. The minimum absolute atomic E-state index is 0.0859. The van der Waals surface area contributed by atoms with Crippen LogP contribution >= 0.6 is 0 Å². The van der Waals surface area contributed by atoms with E-state index in [1.54, 1.807) is 6.33 Å². The van der Waals surface area contributed by atoms with Gasteiger partial charge in [-0.3, -0.25) is 0 Å². The molecule has 0 bridgehead atoms. The Morgan fingerprint density at radius 2 is 2.00 bits per heavy atom. The zero-order valence-corrected chi connectivity index (χ0v) is 10.3. The monoisotopic (exact) mass is 207 g/mol. The van der Waals surface area contributed by atoms with Gasteiger partial charge in [0.05, 0.1) is 0 Å². The van der Waals surface area contributed by atoms with Crippen molar-refractivity contribution >= 4 is 5.82 Å². The first-order valence-corrected chi connectivity index (χ1v) is 5.54. The number of nitrogens with zero attached hydrogens (tertiary/aromatic N) is 2. The average molecular weight is 207 g/mol. The van der Waals surface area contributed by atoms with E-state index in [9.17, 15) is 0 Å². The minimum atomic E-state index is 0.0859. The molecule has 1 aromatic heterocycles. The van der Waals surface area contributed by atoms with E-state index in [-0.39, 0.29) is 5.54 Å². The third-order valence-electron chi connectivity index (χ3n) is 2.63. The van der Waals surface area contributed by atoms with Crippen LogP contribution in [0.1, 0.15) is 52.7 Å². The number of anilines is 1. The molecule has 0 amide bonds. The van der Waals surface area contributed by atoms with Crippen molar-refractivity contribution in [1.29, 1.82) is 0 Å². The number of hydrogen-bond acceptors (Lipinski definition) is 3. The molecular weight excluding hydrogens is 186 g/mol. The van der Waals surface area contributed by atoms with Crippen LogP contribution in [0.15, 0.2) is 12.4 Å². The predicted molar refractivity (Wildman–Crippen MR) is 64.1 cm³/mol. The van der Waals surface area contributed by atoms with Crippen LogP contribution in [-0.4, -0.2) is 15.5 Å². The molecule has 0 unspecified atom stereocenters. The zero-order chi connectivity index (χ0) is 11.5. The second kappa shape index (κ2) is 4.60. The van der Waals surface area contributed by atoms with Gasteiger partial charge in [0.2, 0.25) is 0 Å². The lowest BCUT2D eigenvalue weighted by Crippen LogP contribution is -2.30. The molecule has 0 spiro atoms. The topological polar surface area (TPSA) is 37.8 Å². The van der Waals surface area contributed by atoms with E-state index in [2.05, 4.69) is 49.9 Å². The standard InChI is InChI=1S/C12H21N3/c1-6-12(4,5)15-11-7-10(9(2)3)13-8-14-11/h7-9H,6H2,1-5H3,(H,13,14,15). The van der Waals surface area contributed by atoms with E-state index in [4.69, 9.17) is 0 Å². The molecule has 0 saturated heterocycles. The smallest absolute Gasteiger partial charge is 0.130 e. The summed E-state index contributed by atoms with van der Waals surface area (Å²) in [6.07, 6.45) is 2.69. The van der Waals surface area contributed by atoms with E-state index in [0.29, 0.717) is 5.92 Å². The van der Waals surface area contributed by atoms with Crippen LogP contribution in [0.4, 0.5) is 5.82 Å². The van der Waals surface area contributed by atoms with Crippen molar-refractivity contribution in [2.75, 3.05) is 5.32 Å². The first-order valence-electron chi connectivity index (χ1n) is 5.54. The molecule has 0 saturated carbocycles. The molecule has 0 aliphatic rings. The first-order chi connectivity index (χ1) is 6.94. The fourth-order valence-electron chi connectivity index (χ4n) is 1.19. The van der Waals surface area contributed by atoms with Gasteiger partial charge in [0.15, 0.2) is 0 Å². The third kappa shape index (κ3) is 3.50. The zero-order valence-electron chi connectivity index (χ0n) is 10.3. The lowest BCUT2D eigenvalue weighted by Gasteiger charge is -2.25. The van der Waals surface area contributed by atoms with Gasteiger partial charge in [-0.25, -0.2) is 9.97 Å². The molecule has 0 aliphatic carbocycles. The van der Waals surface area contributed by atoms with Crippen LogP contribution in [0.3, 0.4) is 0 Å². The third-order valence-corrected chi connectivity index (χ3v) is 2.63. The molecule has 3 heteroatoms. The van der Waals surface area contributed by atoms with Crippen molar-refractivity contribution in [2.45, 2.75) is 52.5 Å². The summed E-state index contributed by atoms with van der Waals surface area (Å²) in [6.45, 7) is 10.8. The molecular formula is C12H21N3. The highest BCUT2D eigenvalue weighted by Crippen LogP contribution is 2.18. The summed E-state index contributed by atoms with van der Waals surface area (Å²) in [7, 11) is 0. The second-order valence-corrected chi connectivity index (χ2v) is 4.85. The molecule has 0 aliphatic heterocycles. The summed E-state index contributed by atoms with van der Waals surface area (Å²) in [6, 6.07) is 2.03. The van der Waals surface area contributed by atoms with Crippen LogP contribution in [0.25, 0.3) is 0 Å². The summed E-state index contributed by atoms with van der Waals surface area (Å²) < 4.78 is 0. The predicted octanol–water partition coefficient (Wildman–Crippen LogP) is 3.20. The highest BCUT2D eigenvalue weighted by atomic mass is 15.1. The van der Waals surface area contributed by atoms with Gasteiger partial charge in [-0.2, -0.15) is 0 Å². The lowest BCUT2D eigenvalue weighted by atomic mass is 10.0. The van der Waals surface area contributed by atoms with Crippen LogP contribution in [0.5, 0.6) is 0 Å². The van der Waals surface area contributed by atoms with Gasteiger partial charge in [0.1, 0.15) is 12.1 Å². The lowest BCUT2D eigenvalue weighted by molar-refractivity contribution is 0.544. The van der Waals surface area contributed by atoms with Gasteiger partial charge in [-0.15, -0.1) is 0 Å². The molecule has 1 N–H and O–H groups in total. The fraction of sp³-hybridized carbons (Fsp3) is 0.667. The van der Waals surface area contributed by atoms with E-state index in [1.165, 1.54) is 0 Å². The van der Waals surface area contributed by atoms with E-state index < -0.39 is 0 Å². The van der Waals surface area contributed by atoms with Crippen LogP contribution in [0.2, 0.25) is 0 Å². The van der Waals surface area contributed by atoms with Gasteiger partial charge >= 0.3 is 0 Å². The molecule has 0 radical (unpaired) electrons. The second-order valence-electron chi connectivity index (χ2n) is 4.85. The molecule has 1 aromatic rings. The number of hydrogen-bond donors (Lipinski definition) is 1. The fourth-order valence-corrected chi connectivity index (χ4v) is 1.19. The van der Waals surface area contributed by atoms with Gasteiger partial charge in [0.25, 0.3) is 0 Å². The maximum absolute atomic E-state index is 4.24. The highest BCUT2D eigenvalue weighted by Gasteiger charge is 2.15. The van der Waals surface area contributed by atoms with Crippen molar-refractivity contribution in [3.63, 3.8) is 0 Å². The maximum Gasteiger partial charge on any atom is 0.130 e. The van der Waals surface area contributed by atoms with Crippen LogP contribution in [-0.2, 0) is 0 Å². The molecule has 15 heavy (non-hydrogen) atoms.